The molecule has 1 aromatic heterocycles. The number of nitrogens with one attached hydrogen (secondary N) is 1. The van der Waals surface area contributed by atoms with Crippen molar-refractivity contribution in [2.24, 2.45) is 5.73 Å². The predicted octanol–water partition coefficient (Wildman–Crippen LogP) is -1.39. The third-order valence-corrected chi connectivity index (χ3v) is 1.72. The Morgan fingerprint density at radius 1 is 1.73 bits per heavy atom. The van der Waals surface area contributed by atoms with Crippen molar-refractivity contribution in [3.63, 3.8) is 0 Å². The first kappa shape index (κ1) is 11.6. The van der Waals surface area contributed by atoms with Crippen LogP contribution in [0.3, 0.4) is 0 Å². The molecule has 0 aliphatic rings. The predicted molar refractivity (Wildman–Crippen MR) is 53.3 cm³/mol. The summed E-state index contributed by atoms with van der Waals surface area (Å²) in [5.41, 5.74) is 5.63. The Balaban J connectivity index is 2.43. The molecule has 0 spiro atoms. The number of nitrogens with zero attached hydrogens (tertiary/aromatic N) is 3. The number of carbonyl (C=O) groups excluding carboxylic acids is 1. The van der Waals surface area contributed by atoms with Gasteiger partial charge in [0.2, 0.25) is 0 Å². The van der Waals surface area contributed by atoms with Gasteiger partial charge in [-0.15, -0.1) is 5.10 Å². The van der Waals surface area contributed by atoms with E-state index in [0.29, 0.717) is 31.9 Å². The largest absolute Gasteiger partial charge is 0.383 e. The van der Waals surface area contributed by atoms with Crippen molar-refractivity contribution in [3.05, 3.63) is 11.9 Å². The molecule has 15 heavy (non-hydrogen) atoms. The van der Waals surface area contributed by atoms with Crippen molar-refractivity contribution >= 4 is 5.91 Å². The molecule has 0 aliphatic heterocycles. The number of amides is 1. The number of carbonyl (C=O) groups is 1. The number of methoxy groups -OCH3 is 1. The third-order valence-electron chi connectivity index (χ3n) is 1.72. The van der Waals surface area contributed by atoms with E-state index in [2.05, 4.69) is 15.6 Å². The molecular formula is C8H15N5O2. The number of rotatable bonds is 6. The lowest BCUT2D eigenvalue weighted by atomic mass is 10.4. The van der Waals surface area contributed by atoms with Gasteiger partial charge >= 0.3 is 0 Å². The molecule has 0 fully saturated rings. The highest BCUT2D eigenvalue weighted by atomic mass is 16.5. The molecule has 84 valence electrons. The summed E-state index contributed by atoms with van der Waals surface area (Å²) >= 11 is 0. The molecule has 1 heterocycles. The van der Waals surface area contributed by atoms with Gasteiger partial charge in [0, 0.05) is 20.2 Å². The van der Waals surface area contributed by atoms with Crippen LogP contribution in [0.4, 0.5) is 0 Å². The minimum Gasteiger partial charge on any atom is -0.383 e. The topological polar surface area (TPSA) is 95.1 Å². The van der Waals surface area contributed by atoms with Crippen LogP contribution in [0.5, 0.6) is 0 Å². The quantitative estimate of drug-likeness (QED) is 0.567. The van der Waals surface area contributed by atoms with Gasteiger partial charge < -0.3 is 15.8 Å². The molecule has 0 radical (unpaired) electrons. The Morgan fingerprint density at radius 2 is 2.53 bits per heavy atom. The van der Waals surface area contributed by atoms with Crippen molar-refractivity contribution in [2.75, 3.05) is 26.8 Å². The Morgan fingerprint density at radius 3 is 3.20 bits per heavy atom. The van der Waals surface area contributed by atoms with Crippen LogP contribution < -0.4 is 11.1 Å². The minimum absolute atomic E-state index is 0.254. The van der Waals surface area contributed by atoms with Crippen LogP contribution in [-0.2, 0) is 11.3 Å². The Bertz CT molecular complexity index is 312. The van der Waals surface area contributed by atoms with Crippen LogP contribution in [0.1, 0.15) is 10.5 Å². The third kappa shape index (κ3) is 3.64. The highest BCUT2D eigenvalue weighted by Gasteiger charge is 2.09. The lowest BCUT2D eigenvalue weighted by Gasteiger charge is -2.00. The average molecular weight is 213 g/mol. The highest BCUT2D eigenvalue weighted by Crippen LogP contribution is 1.92. The summed E-state index contributed by atoms with van der Waals surface area (Å²) in [4.78, 5) is 11.4. The van der Waals surface area contributed by atoms with Gasteiger partial charge in [0.25, 0.3) is 5.91 Å². The molecule has 0 saturated heterocycles. The van der Waals surface area contributed by atoms with Gasteiger partial charge in [0.05, 0.1) is 19.3 Å². The van der Waals surface area contributed by atoms with Gasteiger partial charge in [-0.05, 0) is 0 Å². The van der Waals surface area contributed by atoms with Gasteiger partial charge in [-0.1, -0.05) is 5.21 Å². The molecule has 0 atom stereocenters. The van der Waals surface area contributed by atoms with E-state index in [0.717, 1.165) is 0 Å². The Kier molecular flexibility index (Phi) is 4.72. The van der Waals surface area contributed by atoms with Crippen LogP contribution in [-0.4, -0.2) is 47.7 Å². The van der Waals surface area contributed by atoms with Crippen LogP contribution >= 0.6 is 0 Å². The summed E-state index contributed by atoms with van der Waals surface area (Å²) in [5, 5.41) is 10.1. The van der Waals surface area contributed by atoms with Crippen molar-refractivity contribution < 1.29 is 9.53 Å². The molecule has 0 saturated carbocycles. The van der Waals surface area contributed by atoms with E-state index in [1.807, 2.05) is 0 Å². The van der Waals surface area contributed by atoms with E-state index in [1.165, 1.54) is 4.68 Å². The SMILES string of the molecule is COCCNC(=O)c1cn(CCN)nn1. The van der Waals surface area contributed by atoms with Crippen LogP contribution in [0.25, 0.3) is 0 Å². The van der Waals surface area contributed by atoms with Gasteiger partial charge in [-0.25, -0.2) is 0 Å². The van der Waals surface area contributed by atoms with Crippen molar-refractivity contribution in [1.82, 2.24) is 20.3 Å². The summed E-state index contributed by atoms with van der Waals surface area (Å²) in [5.74, 6) is -0.254. The molecule has 0 unspecified atom stereocenters. The molecule has 1 rings (SSSR count). The monoisotopic (exact) mass is 213 g/mol. The van der Waals surface area contributed by atoms with Crippen LogP contribution in [0.15, 0.2) is 6.20 Å². The van der Waals surface area contributed by atoms with Crippen LogP contribution in [0.2, 0.25) is 0 Å². The van der Waals surface area contributed by atoms with E-state index in [4.69, 9.17) is 10.5 Å². The molecule has 1 aromatic rings. The maximum atomic E-state index is 11.4. The zero-order valence-electron chi connectivity index (χ0n) is 8.64. The summed E-state index contributed by atoms with van der Waals surface area (Å²) in [6, 6.07) is 0. The first-order valence-corrected chi connectivity index (χ1v) is 4.65. The standard InChI is InChI=1S/C8H15N5O2/c1-15-5-3-10-8(14)7-6-13(4-2-9)12-11-7/h6H,2-5,9H2,1H3,(H,10,14). The molecule has 3 N–H and O–H groups in total. The van der Waals surface area contributed by atoms with E-state index in [1.54, 1.807) is 13.3 Å². The van der Waals surface area contributed by atoms with Crippen LogP contribution in [0, 0.1) is 0 Å². The van der Waals surface area contributed by atoms with E-state index in [9.17, 15) is 4.79 Å². The first-order valence-electron chi connectivity index (χ1n) is 4.65. The van der Waals surface area contributed by atoms with E-state index >= 15 is 0 Å². The number of ether oxygens (including phenoxy) is 1. The second-order valence-electron chi connectivity index (χ2n) is 2.90. The van der Waals surface area contributed by atoms with Gasteiger partial charge in [0.1, 0.15) is 0 Å². The van der Waals surface area contributed by atoms with Gasteiger partial charge in [-0.3, -0.25) is 9.48 Å². The highest BCUT2D eigenvalue weighted by molar-refractivity contribution is 5.91. The fourth-order valence-electron chi connectivity index (χ4n) is 1.00. The molecule has 0 bridgehead atoms. The Hall–Kier alpha value is -1.47. The average Bonchev–Trinajstić information content (AvgIpc) is 2.67. The molecule has 7 nitrogen and oxygen atoms in total. The maximum Gasteiger partial charge on any atom is 0.273 e. The number of hydrogen-bond donors (Lipinski definition) is 2. The zero-order valence-corrected chi connectivity index (χ0v) is 8.64. The second-order valence-corrected chi connectivity index (χ2v) is 2.90. The molecule has 1 amide bonds. The van der Waals surface area contributed by atoms with Crippen molar-refractivity contribution in [3.8, 4) is 0 Å². The first-order chi connectivity index (χ1) is 7.27. The smallest absolute Gasteiger partial charge is 0.273 e. The number of aromatic nitrogens is 3. The summed E-state index contributed by atoms with van der Waals surface area (Å²) < 4.78 is 6.33. The van der Waals surface area contributed by atoms with Gasteiger partial charge in [0.15, 0.2) is 5.69 Å². The van der Waals surface area contributed by atoms with Gasteiger partial charge in [-0.2, -0.15) is 0 Å². The molecular weight excluding hydrogens is 198 g/mol. The fourth-order valence-corrected chi connectivity index (χ4v) is 1.00. The fraction of sp³-hybridized carbons (Fsp3) is 0.625. The molecule has 0 aliphatic carbocycles. The lowest BCUT2D eigenvalue weighted by Crippen LogP contribution is -2.27. The van der Waals surface area contributed by atoms with E-state index in [-0.39, 0.29) is 5.91 Å². The van der Waals surface area contributed by atoms with Crippen molar-refractivity contribution in [1.29, 1.82) is 0 Å². The normalized spacial score (nSPS) is 10.3. The molecule has 7 heteroatoms. The lowest BCUT2D eigenvalue weighted by molar-refractivity contribution is 0.0932. The number of nitrogens with two attached hydrogens (primary N) is 1. The molecule has 0 aromatic carbocycles. The summed E-state index contributed by atoms with van der Waals surface area (Å²) in [6.07, 6.45) is 1.56. The Labute approximate surface area is 87.6 Å². The summed E-state index contributed by atoms with van der Waals surface area (Å²) in [7, 11) is 1.57. The van der Waals surface area contributed by atoms with E-state index < -0.39 is 0 Å². The zero-order chi connectivity index (χ0) is 11.1. The summed E-state index contributed by atoms with van der Waals surface area (Å²) in [6.45, 7) is 1.95. The number of hydrogen-bond acceptors (Lipinski definition) is 5. The second kappa shape index (κ2) is 6.10. The minimum atomic E-state index is -0.254. The maximum absolute atomic E-state index is 11.4. The van der Waals surface area contributed by atoms with Crippen molar-refractivity contribution in [2.45, 2.75) is 6.54 Å².